The standard InChI is InChI=1S/C36H38N4O3/c1-6-38(7-2)25-18-20-30-33(22-25)43-34-23-26(39(8-3)9-4)19-21-31(34)36(30)29-16-12-10-15-28(29)35(42)40(36)37-24(5)27-14-11-13-17-32(27)41/h10-23,41H,6-9H2,1-5H3/b37-24+. The van der Waals surface area contributed by atoms with Crippen molar-refractivity contribution in [1.29, 1.82) is 0 Å². The highest BCUT2D eigenvalue weighted by Gasteiger charge is 2.57. The fourth-order valence-corrected chi connectivity index (χ4v) is 6.61. The van der Waals surface area contributed by atoms with Crippen LogP contribution in [-0.4, -0.2) is 47.9 Å². The number of benzene rings is 4. The molecule has 7 heteroatoms. The summed E-state index contributed by atoms with van der Waals surface area (Å²) in [5.74, 6) is 1.30. The van der Waals surface area contributed by atoms with Crippen molar-refractivity contribution in [1.82, 2.24) is 5.01 Å². The predicted octanol–water partition coefficient (Wildman–Crippen LogP) is 7.36. The highest BCUT2D eigenvalue weighted by atomic mass is 16.5. The number of rotatable bonds is 8. The Morgan fingerprint density at radius 2 is 1.30 bits per heavy atom. The van der Waals surface area contributed by atoms with E-state index in [2.05, 4.69) is 73.9 Å². The normalized spacial score (nSPS) is 14.7. The summed E-state index contributed by atoms with van der Waals surface area (Å²) in [4.78, 5) is 18.9. The summed E-state index contributed by atoms with van der Waals surface area (Å²) < 4.78 is 6.75. The maximum atomic E-state index is 14.4. The summed E-state index contributed by atoms with van der Waals surface area (Å²) in [5, 5.41) is 17.3. The number of hydrazone groups is 1. The molecule has 0 saturated heterocycles. The van der Waals surface area contributed by atoms with Gasteiger partial charge in [0.15, 0.2) is 0 Å². The molecule has 0 bridgehead atoms. The van der Waals surface area contributed by atoms with Crippen molar-refractivity contribution >= 4 is 23.0 Å². The van der Waals surface area contributed by atoms with E-state index < -0.39 is 5.54 Å². The molecule has 0 atom stereocenters. The van der Waals surface area contributed by atoms with Crippen LogP contribution < -0.4 is 14.5 Å². The minimum Gasteiger partial charge on any atom is -0.507 e. The number of hydrogen-bond donors (Lipinski definition) is 1. The summed E-state index contributed by atoms with van der Waals surface area (Å²) in [6, 6.07) is 27.4. The van der Waals surface area contributed by atoms with Crippen LogP contribution in [0, 0.1) is 0 Å². The molecule has 1 amide bonds. The Bertz CT molecular complexity index is 1660. The zero-order valence-electron chi connectivity index (χ0n) is 25.5. The smallest absolute Gasteiger partial charge is 0.275 e. The third-order valence-corrected chi connectivity index (χ3v) is 8.79. The molecule has 0 unspecified atom stereocenters. The maximum Gasteiger partial charge on any atom is 0.275 e. The molecule has 7 nitrogen and oxygen atoms in total. The number of nitrogens with zero attached hydrogens (tertiary/aromatic N) is 4. The van der Waals surface area contributed by atoms with Crippen LogP contribution >= 0.6 is 0 Å². The topological polar surface area (TPSA) is 68.6 Å². The van der Waals surface area contributed by atoms with Crippen LogP contribution in [0.4, 0.5) is 11.4 Å². The molecule has 1 N–H and O–H groups in total. The number of anilines is 2. The second kappa shape index (κ2) is 11.1. The van der Waals surface area contributed by atoms with Crippen molar-refractivity contribution in [3.63, 3.8) is 0 Å². The van der Waals surface area contributed by atoms with Crippen LogP contribution in [0.15, 0.2) is 90.0 Å². The molecule has 4 aromatic carbocycles. The molecule has 220 valence electrons. The van der Waals surface area contributed by atoms with E-state index in [1.807, 2.05) is 43.3 Å². The van der Waals surface area contributed by atoms with E-state index in [1.165, 1.54) is 0 Å². The predicted molar refractivity (Wildman–Crippen MR) is 173 cm³/mol. The lowest BCUT2D eigenvalue weighted by molar-refractivity contribution is 0.0673. The van der Waals surface area contributed by atoms with Crippen molar-refractivity contribution < 1.29 is 14.6 Å². The molecular formula is C36H38N4O3. The fraction of sp³-hybridized carbons (Fsp3) is 0.278. The van der Waals surface area contributed by atoms with Crippen molar-refractivity contribution in [3.05, 3.63) is 113 Å². The molecule has 0 radical (unpaired) electrons. The average Bonchev–Trinajstić information content (AvgIpc) is 3.26. The number of fused-ring (bicyclic) bond motifs is 6. The molecule has 0 saturated carbocycles. The van der Waals surface area contributed by atoms with Gasteiger partial charge in [-0.15, -0.1) is 0 Å². The first kappa shape index (κ1) is 28.3. The van der Waals surface area contributed by atoms with Gasteiger partial charge in [0.2, 0.25) is 0 Å². The Balaban J connectivity index is 1.67. The van der Waals surface area contributed by atoms with E-state index in [0.717, 1.165) is 54.2 Å². The Kier molecular flexibility index (Phi) is 7.34. The van der Waals surface area contributed by atoms with Gasteiger partial charge in [0.1, 0.15) is 22.8 Å². The largest absolute Gasteiger partial charge is 0.507 e. The number of aromatic hydroxyl groups is 1. The highest BCUT2D eigenvalue weighted by molar-refractivity contribution is 6.05. The van der Waals surface area contributed by atoms with Gasteiger partial charge in [-0.25, -0.2) is 5.01 Å². The van der Waals surface area contributed by atoms with Crippen LogP contribution in [-0.2, 0) is 5.54 Å². The molecule has 0 aliphatic carbocycles. The summed E-state index contributed by atoms with van der Waals surface area (Å²) >= 11 is 0. The molecule has 0 fully saturated rings. The van der Waals surface area contributed by atoms with Gasteiger partial charge in [0.05, 0.1) is 5.71 Å². The minimum atomic E-state index is -1.08. The highest BCUT2D eigenvalue weighted by Crippen LogP contribution is 2.58. The van der Waals surface area contributed by atoms with Crippen LogP contribution in [0.3, 0.4) is 0 Å². The van der Waals surface area contributed by atoms with Crippen LogP contribution in [0.25, 0.3) is 0 Å². The Labute approximate surface area is 253 Å². The van der Waals surface area contributed by atoms with Crippen molar-refractivity contribution in [2.75, 3.05) is 36.0 Å². The number of para-hydroxylation sites is 1. The van der Waals surface area contributed by atoms with Gasteiger partial charge in [-0.1, -0.05) is 42.5 Å². The Morgan fingerprint density at radius 3 is 1.86 bits per heavy atom. The van der Waals surface area contributed by atoms with Gasteiger partial charge in [-0.2, -0.15) is 5.10 Å². The second-order valence-electron chi connectivity index (χ2n) is 10.9. The molecule has 0 aromatic heterocycles. The SMILES string of the molecule is CCN(CC)c1ccc2c(c1)Oc1cc(N(CC)CC)ccc1C21c2ccccc2C(=O)N1/N=C(\C)c1ccccc1O. The van der Waals surface area contributed by atoms with E-state index in [-0.39, 0.29) is 11.7 Å². The quantitative estimate of drug-likeness (QED) is 0.223. The first-order chi connectivity index (χ1) is 20.9. The summed E-state index contributed by atoms with van der Waals surface area (Å²) in [6.45, 7) is 13.8. The fourth-order valence-electron chi connectivity index (χ4n) is 6.61. The van der Waals surface area contributed by atoms with Crippen molar-refractivity contribution in [2.24, 2.45) is 5.10 Å². The molecule has 2 aliphatic heterocycles. The number of hydrogen-bond acceptors (Lipinski definition) is 6. The van der Waals surface area contributed by atoms with Gasteiger partial charge in [0, 0.05) is 77.5 Å². The summed E-state index contributed by atoms with van der Waals surface area (Å²) in [6.07, 6.45) is 0. The molecule has 6 rings (SSSR count). The van der Waals surface area contributed by atoms with Gasteiger partial charge < -0.3 is 19.6 Å². The van der Waals surface area contributed by atoms with Crippen LogP contribution in [0.5, 0.6) is 17.2 Å². The zero-order valence-corrected chi connectivity index (χ0v) is 25.5. The lowest BCUT2D eigenvalue weighted by atomic mass is 9.75. The van der Waals surface area contributed by atoms with Crippen molar-refractivity contribution in [2.45, 2.75) is 40.2 Å². The first-order valence-corrected chi connectivity index (χ1v) is 15.1. The monoisotopic (exact) mass is 574 g/mol. The number of phenols is 1. The molecule has 43 heavy (non-hydrogen) atoms. The molecule has 2 aliphatic rings. The number of carbonyl (C=O) groups excluding carboxylic acids is 1. The molecule has 2 heterocycles. The molecule has 1 spiro atoms. The number of ether oxygens (including phenoxy) is 1. The zero-order chi connectivity index (χ0) is 30.3. The minimum absolute atomic E-state index is 0.113. The molecular weight excluding hydrogens is 536 g/mol. The van der Waals surface area contributed by atoms with E-state index in [0.29, 0.717) is 28.3 Å². The Morgan fingerprint density at radius 1 is 0.767 bits per heavy atom. The van der Waals surface area contributed by atoms with E-state index in [1.54, 1.807) is 17.1 Å². The van der Waals surface area contributed by atoms with Gasteiger partial charge in [-0.3, -0.25) is 4.79 Å². The summed E-state index contributed by atoms with van der Waals surface area (Å²) in [7, 11) is 0. The third-order valence-electron chi connectivity index (χ3n) is 8.79. The molecule has 4 aromatic rings. The first-order valence-electron chi connectivity index (χ1n) is 15.1. The number of amides is 1. The van der Waals surface area contributed by atoms with Gasteiger partial charge in [-0.05, 0) is 65.0 Å². The number of carbonyl (C=O) groups is 1. The van der Waals surface area contributed by atoms with E-state index >= 15 is 0 Å². The summed E-state index contributed by atoms with van der Waals surface area (Å²) in [5.41, 5.74) is 5.28. The lowest BCUT2D eigenvalue weighted by Crippen LogP contribution is -2.45. The van der Waals surface area contributed by atoms with Gasteiger partial charge in [0.25, 0.3) is 5.91 Å². The van der Waals surface area contributed by atoms with Gasteiger partial charge >= 0.3 is 0 Å². The average molecular weight is 575 g/mol. The van der Waals surface area contributed by atoms with Crippen LogP contribution in [0.2, 0.25) is 0 Å². The second-order valence-corrected chi connectivity index (χ2v) is 10.9. The third kappa shape index (κ3) is 4.33. The van der Waals surface area contributed by atoms with E-state index in [4.69, 9.17) is 9.84 Å². The number of phenolic OH excluding ortho intramolecular Hbond substituents is 1. The Hall–Kier alpha value is -4.78. The lowest BCUT2D eigenvalue weighted by Gasteiger charge is -2.42. The maximum absolute atomic E-state index is 14.4. The van der Waals surface area contributed by atoms with E-state index in [9.17, 15) is 9.90 Å². The van der Waals surface area contributed by atoms with Crippen molar-refractivity contribution in [3.8, 4) is 17.2 Å². The van der Waals surface area contributed by atoms with Crippen LogP contribution in [0.1, 0.15) is 67.2 Å².